The minimum Gasteiger partial charge on any atom is -0.378 e. The summed E-state index contributed by atoms with van der Waals surface area (Å²) in [5.41, 5.74) is 0.293. The van der Waals surface area contributed by atoms with Gasteiger partial charge in [0.2, 0.25) is 0 Å². The zero-order valence-electron chi connectivity index (χ0n) is 15.8. The minimum atomic E-state index is 0.293. The van der Waals surface area contributed by atoms with Gasteiger partial charge in [0, 0.05) is 18.6 Å². The topological polar surface area (TPSA) is 15.7 Å². The van der Waals surface area contributed by atoms with Crippen molar-refractivity contribution < 1.29 is 4.74 Å². The molecular formula is C19H38N2O. The molecule has 0 aromatic heterocycles. The molecule has 0 spiro atoms. The molecule has 22 heavy (non-hydrogen) atoms. The zero-order chi connectivity index (χ0) is 16.3. The molecule has 0 bridgehead atoms. The molecule has 0 aromatic carbocycles. The number of piperidine rings is 1. The van der Waals surface area contributed by atoms with Crippen LogP contribution in [-0.4, -0.2) is 61.3 Å². The summed E-state index contributed by atoms with van der Waals surface area (Å²) in [6, 6.07) is 1.47. The highest BCUT2D eigenvalue weighted by Gasteiger charge is 2.34. The van der Waals surface area contributed by atoms with Gasteiger partial charge in [0.1, 0.15) is 0 Å². The van der Waals surface area contributed by atoms with Gasteiger partial charge < -0.3 is 14.5 Å². The van der Waals surface area contributed by atoms with Crippen LogP contribution in [0.2, 0.25) is 0 Å². The van der Waals surface area contributed by atoms with E-state index in [0.29, 0.717) is 17.6 Å². The molecule has 1 saturated heterocycles. The molecule has 0 amide bonds. The van der Waals surface area contributed by atoms with Crippen LogP contribution < -0.4 is 0 Å². The first-order valence-electron chi connectivity index (χ1n) is 9.30. The maximum atomic E-state index is 6.02. The van der Waals surface area contributed by atoms with E-state index in [9.17, 15) is 0 Å². The monoisotopic (exact) mass is 310 g/mol. The molecule has 0 atom stereocenters. The fourth-order valence-corrected chi connectivity index (χ4v) is 3.61. The van der Waals surface area contributed by atoms with Gasteiger partial charge in [-0.1, -0.05) is 20.8 Å². The average molecular weight is 311 g/mol. The fraction of sp³-hybridized carbons (Fsp3) is 1.00. The highest BCUT2D eigenvalue weighted by molar-refractivity contribution is 4.88. The maximum absolute atomic E-state index is 6.02. The average Bonchev–Trinajstić information content (AvgIpc) is 2.36. The Morgan fingerprint density at radius 3 is 2.23 bits per heavy atom. The van der Waals surface area contributed by atoms with Crippen LogP contribution in [0.1, 0.15) is 60.3 Å². The molecule has 2 aliphatic rings. The second kappa shape index (κ2) is 7.63. The Hall–Kier alpha value is -0.120. The van der Waals surface area contributed by atoms with Gasteiger partial charge in [-0.05, 0) is 71.0 Å². The lowest BCUT2D eigenvalue weighted by molar-refractivity contribution is -0.0706. The number of hydrogen-bond donors (Lipinski definition) is 0. The van der Waals surface area contributed by atoms with Crippen molar-refractivity contribution >= 4 is 0 Å². The van der Waals surface area contributed by atoms with Crippen molar-refractivity contribution in [1.29, 1.82) is 0 Å². The number of hydrogen-bond acceptors (Lipinski definition) is 3. The molecule has 0 radical (unpaired) electrons. The van der Waals surface area contributed by atoms with Crippen molar-refractivity contribution in [3.8, 4) is 0 Å². The number of likely N-dealkylation sites (tertiary alicyclic amines) is 1. The Bertz CT molecular complexity index is 323. The second-order valence-corrected chi connectivity index (χ2v) is 9.13. The Labute approximate surface area is 138 Å². The van der Waals surface area contributed by atoms with Crippen molar-refractivity contribution in [2.75, 3.05) is 33.3 Å². The quantitative estimate of drug-likeness (QED) is 0.745. The molecule has 1 aliphatic heterocycles. The third kappa shape index (κ3) is 5.50. The van der Waals surface area contributed by atoms with E-state index in [4.69, 9.17) is 4.74 Å². The van der Waals surface area contributed by atoms with Gasteiger partial charge in [-0.3, -0.25) is 0 Å². The Morgan fingerprint density at radius 1 is 1.14 bits per heavy atom. The van der Waals surface area contributed by atoms with Gasteiger partial charge in [-0.25, -0.2) is 0 Å². The number of nitrogens with zero attached hydrogens (tertiary/aromatic N) is 2. The van der Waals surface area contributed by atoms with E-state index in [2.05, 4.69) is 51.5 Å². The summed E-state index contributed by atoms with van der Waals surface area (Å²) in [6.45, 7) is 16.1. The molecule has 0 unspecified atom stereocenters. The van der Waals surface area contributed by atoms with E-state index in [1.54, 1.807) is 0 Å². The summed E-state index contributed by atoms with van der Waals surface area (Å²) in [5, 5.41) is 0. The summed E-state index contributed by atoms with van der Waals surface area (Å²) in [6.07, 6.45) is 5.72. The molecule has 0 N–H and O–H groups in total. The van der Waals surface area contributed by atoms with Gasteiger partial charge in [0.15, 0.2) is 0 Å². The predicted octanol–water partition coefficient (Wildman–Crippen LogP) is 3.63. The van der Waals surface area contributed by atoms with Crippen LogP contribution in [0.15, 0.2) is 0 Å². The number of rotatable bonds is 6. The molecule has 1 aliphatic carbocycles. The van der Waals surface area contributed by atoms with Crippen molar-refractivity contribution in [1.82, 2.24) is 9.80 Å². The lowest BCUT2D eigenvalue weighted by Gasteiger charge is -2.44. The normalized spacial score (nSPS) is 28.4. The van der Waals surface area contributed by atoms with Crippen LogP contribution in [0.25, 0.3) is 0 Å². The minimum absolute atomic E-state index is 0.293. The fourth-order valence-electron chi connectivity index (χ4n) is 3.61. The Kier molecular flexibility index (Phi) is 6.32. The third-order valence-electron chi connectivity index (χ3n) is 5.37. The molecule has 2 fully saturated rings. The lowest BCUT2D eigenvalue weighted by Crippen LogP contribution is -2.49. The van der Waals surface area contributed by atoms with Crippen LogP contribution in [0.3, 0.4) is 0 Å². The summed E-state index contributed by atoms with van der Waals surface area (Å²) in [7, 11) is 2.32. The maximum Gasteiger partial charge on any atom is 0.0605 e. The molecule has 3 nitrogen and oxygen atoms in total. The largest absolute Gasteiger partial charge is 0.378 e. The van der Waals surface area contributed by atoms with E-state index in [1.807, 2.05) is 0 Å². The summed E-state index contributed by atoms with van der Waals surface area (Å²) in [5.74, 6) is 0.898. The lowest BCUT2D eigenvalue weighted by atomic mass is 9.86. The van der Waals surface area contributed by atoms with E-state index in [-0.39, 0.29) is 0 Å². The van der Waals surface area contributed by atoms with Crippen molar-refractivity contribution in [3.05, 3.63) is 0 Å². The van der Waals surface area contributed by atoms with Gasteiger partial charge in [0.05, 0.1) is 12.7 Å². The molecule has 1 heterocycles. The second-order valence-electron chi connectivity index (χ2n) is 9.13. The smallest absolute Gasteiger partial charge is 0.0605 e. The first kappa shape index (κ1) is 18.2. The van der Waals surface area contributed by atoms with Crippen LogP contribution >= 0.6 is 0 Å². The summed E-state index contributed by atoms with van der Waals surface area (Å²) < 4.78 is 6.02. The number of ether oxygens (including phenoxy) is 1. The molecular weight excluding hydrogens is 272 g/mol. The van der Waals surface area contributed by atoms with Crippen LogP contribution in [0, 0.1) is 11.3 Å². The van der Waals surface area contributed by atoms with Crippen LogP contribution in [0.4, 0.5) is 0 Å². The third-order valence-corrected chi connectivity index (χ3v) is 5.37. The van der Waals surface area contributed by atoms with E-state index in [0.717, 1.165) is 18.6 Å². The van der Waals surface area contributed by atoms with Crippen LogP contribution in [-0.2, 0) is 4.74 Å². The van der Waals surface area contributed by atoms with Gasteiger partial charge in [-0.2, -0.15) is 0 Å². The Morgan fingerprint density at radius 2 is 1.73 bits per heavy atom. The van der Waals surface area contributed by atoms with Crippen molar-refractivity contribution in [2.24, 2.45) is 11.3 Å². The first-order chi connectivity index (χ1) is 10.2. The standard InChI is InChI=1S/C19H38N2O/c1-15(2)21-9-7-16(8-10-21)13-20(6)17-11-18(12-17)22-14-19(3,4)5/h15-18H,7-14H2,1-6H3. The molecule has 130 valence electrons. The van der Waals surface area contributed by atoms with Crippen molar-refractivity contribution in [3.63, 3.8) is 0 Å². The zero-order valence-corrected chi connectivity index (χ0v) is 15.8. The SMILES string of the molecule is CC(C)N1CCC(CN(C)C2CC(OCC(C)(C)C)C2)CC1. The van der Waals surface area contributed by atoms with Crippen LogP contribution in [0.5, 0.6) is 0 Å². The van der Waals surface area contributed by atoms with E-state index < -0.39 is 0 Å². The van der Waals surface area contributed by atoms with E-state index in [1.165, 1.54) is 45.3 Å². The Balaban J connectivity index is 1.61. The highest BCUT2D eigenvalue weighted by Crippen LogP contribution is 2.31. The molecule has 3 heteroatoms. The van der Waals surface area contributed by atoms with Gasteiger partial charge >= 0.3 is 0 Å². The first-order valence-corrected chi connectivity index (χ1v) is 9.30. The predicted molar refractivity (Wildman–Crippen MR) is 94.3 cm³/mol. The highest BCUT2D eigenvalue weighted by atomic mass is 16.5. The molecule has 0 aromatic rings. The van der Waals surface area contributed by atoms with Gasteiger partial charge in [-0.15, -0.1) is 0 Å². The summed E-state index contributed by atoms with van der Waals surface area (Å²) >= 11 is 0. The van der Waals surface area contributed by atoms with Gasteiger partial charge in [0.25, 0.3) is 0 Å². The van der Waals surface area contributed by atoms with Crippen molar-refractivity contribution in [2.45, 2.75) is 78.5 Å². The molecule has 2 rings (SSSR count). The molecule has 1 saturated carbocycles. The summed E-state index contributed by atoms with van der Waals surface area (Å²) in [4.78, 5) is 5.23. The van der Waals surface area contributed by atoms with E-state index >= 15 is 0 Å².